The van der Waals surface area contributed by atoms with Crippen molar-refractivity contribution in [1.82, 2.24) is 9.97 Å². The Bertz CT molecular complexity index is 436. The fourth-order valence-corrected chi connectivity index (χ4v) is 1.33. The monoisotopic (exact) mass is 295 g/mol. The molecule has 0 aliphatic carbocycles. The van der Waals surface area contributed by atoms with E-state index in [0.717, 1.165) is 0 Å². The Balaban J connectivity index is 2.95. The molecule has 0 aliphatic heterocycles. The molecule has 9 heteroatoms. The predicted molar refractivity (Wildman–Crippen MR) is 70.9 cm³/mol. The van der Waals surface area contributed by atoms with Gasteiger partial charge in [-0.15, -0.1) is 0 Å². The van der Waals surface area contributed by atoms with Crippen molar-refractivity contribution in [1.29, 1.82) is 0 Å². The molecule has 0 spiro atoms. The number of hydrogen-bond donors (Lipinski definition) is 3. The highest BCUT2D eigenvalue weighted by Gasteiger charge is 2.35. The van der Waals surface area contributed by atoms with E-state index in [0.29, 0.717) is 6.54 Å². The zero-order valence-corrected chi connectivity index (χ0v) is 11.6. The number of aromatic nitrogens is 2. The number of nitrogens with two attached hydrogens (primary N) is 1. The number of thioether (sulfide) groups is 1. The fraction of sp³-hybridized carbons (Fsp3) is 0.600. The van der Waals surface area contributed by atoms with Crippen molar-refractivity contribution in [3.05, 3.63) is 11.9 Å². The van der Waals surface area contributed by atoms with Gasteiger partial charge in [-0.05, 0) is 20.1 Å². The van der Waals surface area contributed by atoms with Gasteiger partial charge in [-0.2, -0.15) is 24.9 Å². The van der Waals surface area contributed by atoms with E-state index in [1.54, 1.807) is 11.8 Å². The summed E-state index contributed by atoms with van der Waals surface area (Å²) in [7, 11) is 0. The molecule has 0 bridgehead atoms. The standard InChI is InChI=1S/C10H16F3N5S/c1-9(2,19-3)5-15-6-4-7(18-14)17-8(16-6)10(11,12)13/h4H,5,14H2,1-3H3,(H2,15,16,17,18). The molecule has 1 heterocycles. The van der Waals surface area contributed by atoms with Gasteiger partial charge in [-0.3, -0.25) is 0 Å². The van der Waals surface area contributed by atoms with Crippen LogP contribution in [0.2, 0.25) is 0 Å². The van der Waals surface area contributed by atoms with Gasteiger partial charge >= 0.3 is 6.18 Å². The molecule has 0 unspecified atom stereocenters. The Kier molecular flexibility index (Phi) is 4.86. The molecule has 1 aromatic heterocycles. The number of rotatable bonds is 5. The normalized spacial score (nSPS) is 12.4. The second kappa shape index (κ2) is 5.83. The molecule has 1 aromatic rings. The maximum atomic E-state index is 12.6. The van der Waals surface area contributed by atoms with Crippen molar-refractivity contribution in [2.75, 3.05) is 23.5 Å². The van der Waals surface area contributed by atoms with E-state index in [9.17, 15) is 13.2 Å². The summed E-state index contributed by atoms with van der Waals surface area (Å²) in [5.74, 6) is 3.86. The van der Waals surface area contributed by atoms with Crippen molar-refractivity contribution >= 4 is 23.4 Å². The van der Waals surface area contributed by atoms with Crippen molar-refractivity contribution in [3.8, 4) is 0 Å². The average molecular weight is 295 g/mol. The lowest BCUT2D eigenvalue weighted by molar-refractivity contribution is -0.144. The van der Waals surface area contributed by atoms with Gasteiger partial charge in [0.1, 0.15) is 11.6 Å². The Morgan fingerprint density at radius 3 is 2.32 bits per heavy atom. The molecule has 0 saturated heterocycles. The van der Waals surface area contributed by atoms with Crippen LogP contribution in [0.4, 0.5) is 24.8 Å². The summed E-state index contributed by atoms with van der Waals surface area (Å²) < 4.78 is 37.7. The van der Waals surface area contributed by atoms with E-state index in [-0.39, 0.29) is 16.4 Å². The number of alkyl halides is 3. The van der Waals surface area contributed by atoms with Gasteiger partial charge in [0.05, 0.1) is 0 Å². The van der Waals surface area contributed by atoms with Gasteiger partial charge < -0.3 is 10.7 Å². The highest BCUT2D eigenvalue weighted by Crippen LogP contribution is 2.28. The minimum Gasteiger partial charge on any atom is -0.369 e. The molecule has 0 radical (unpaired) electrons. The molecular weight excluding hydrogens is 279 g/mol. The zero-order chi connectivity index (χ0) is 14.7. The number of anilines is 2. The Morgan fingerprint density at radius 2 is 1.84 bits per heavy atom. The first-order valence-electron chi connectivity index (χ1n) is 5.40. The Labute approximate surface area is 113 Å². The van der Waals surface area contributed by atoms with Gasteiger partial charge in [0, 0.05) is 17.4 Å². The third-order valence-corrected chi connectivity index (χ3v) is 3.62. The van der Waals surface area contributed by atoms with Gasteiger partial charge in [-0.25, -0.2) is 15.8 Å². The van der Waals surface area contributed by atoms with Crippen LogP contribution in [0.25, 0.3) is 0 Å². The molecule has 0 amide bonds. The predicted octanol–water partition coefficient (Wildman–Crippen LogP) is 2.33. The van der Waals surface area contributed by atoms with Crippen molar-refractivity contribution in [2.24, 2.45) is 5.84 Å². The molecule has 108 valence electrons. The molecule has 0 fully saturated rings. The highest BCUT2D eigenvalue weighted by molar-refractivity contribution is 7.99. The van der Waals surface area contributed by atoms with Crippen LogP contribution < -0.4 is 16.6 Å². The van der Waals surface area contributed by atoms with E-state index < -0.39 is 12.0 Å². The summed E-state index contributed by atoms with van der Waals surface area (Å²) in [5, 5.41) is 2.86. The van der Waals surface area contributed by atoms with E-state index in [1.807, 2.05) is 20.1 Å². The van der Waals surface area contributed by atoms with Gasteiger partial charge in [0.15, 0.2) is 0 Å². The van der Waals surface area contributed by atoms with Crippen LogP contribution in [0, 0.1) is 0 Å². The summed E-state index contributed by atoms with van der Waals surface area (Å²) >= 11 is 1.60. The third-order valence-electron chi connectivity index (χ3n) is 2.38. The first-order valence-corrected chi connectivity index (χ1v) is 6.62. The second-order valence-electron chi connectivity index (χ2n) is 4.42. The molecular formula is C10H16F3N5S. The first-order chi connectivity index (χ1) is 8.68. The number of halogens is 3. The van der Waals surface area contributed by atoms with Gasteiger partial charge in [-0.1, -0.05) is 0 Å². The van der Waals surface area contributed by atoms with Gasteiger partial charge in [0.2, 0.25) is 5.82 Å². The number of nitrogen functional groups attached to an aromatic ring is 1. The van der Waals surface area contributed by atoms with E-state index >= 15 is 0 Å². The highest BCUT2D eigenvalue weighted by atomic mass is 32.2. The lowest BCUT2D eigenvalue weighted by Gasteiger charge is -2.22. The molecule has 0 aliphatic rings. The van der Waals surface area contributed by atoms with Crippen LogP contribution >= 0.6 is 11.8 Å². The summed E-state index contributed by atoms with van der Waals surface area (Å²) in [5.41, 5.74) is 2.09. The van der Waals surface area contributed by atoms with Crippen LogP contribution in [-0.2, 0) is 6.18 Å². The molecule has 19 heavy (non-hydrogen) atoms. The molecule has 0 atom stereocenters. The zero-order valence-electron chi connectivity index (χ0n) is 10.8. The van der Waals surface area contributed by atoms with Crippen LogP contribution in [0.15, 0.2) is 6.07 Å². The largest absolute Gasteiger partial charge is 0.451 e. The fourth-order valence-electron chi connectivity index (χ4n) is 1.11. The van der Waals surface area contributed by atoms with Crippen LogP contribution in [0.3, 0.4) is 0 Å². The van der Waals surface area contributed by atoms with Crippen molar-refractivity contribution in [2.45, 2.75) is 24.8 Å². The molecule has 5 nitrogen and oxygen atoms in total. The third kappa shape index (κ3) is 4.75. The SMILES string of the molecule is CSC(C)(C)CNc1cc(NN)nc(C(F)(F)F)n1. The second-order valence-corrected chi connectivity index (χ2v) is 5.93. The average Bonchev–Trinajstić information content (AvgIpc) is 2.35. The lowest BCUT2D eigenvalue weighted by atomic mass is 10.2. The van der Waals surface area contributed by atoms with E-state index in [4.69, 9.17) is 5.84 Å². The van der Waals surface area contributed by atoms with Crippen LogP contribution in [0.1, 0.15) is 19.7 Å². The van der Waals surface area contributed by atoms with Crippen molar-refractivity contribution < 1.29 is 13.2 Å². The lowest BCUT2D eigenvalue weighted by Crippen LogP contribution is -2.27. The topological polar surface area (TPSA) is 75.9 Å². The maximum absolute atomic E-state index is 12.6. The van der Waals surface area contributed by atoms with Crippen LogP contribution in [-0.4, -0.2) is 27.5 Å². The molecule has 0 aromatic carbocycles. The number of nitrogens with one attached hydrogen (secondary N) is 2. The minimum absolute atomic E-state index is 0.0809. The number of hydrogen-bond acceptors (Lipinski definition) is 6. The smallest absolute Gasteiger partial charge is 0.369 e. The summed E-state index contributed by atoms with van der Waals surface area (Å²) in [4.78, 5) is 6.71. The van der Waals surface area contributed by atoms with Gasteiger partial charge in [0.25, 0.3) is 0 Å². The van der Waals surface area contributed by atoms with E-state index in [2.05, 4.69) is 20.7 Å². The summed E-state index contributed by atoms with van der Waals surface area (Å²) in [6, 6.07) is 1.33. The van der Waals surface area contributed by atoms with Crippen LogP contribution in [0.5, 0.6) is 0 Å². The molecule has 0 saturated carbocycles. The number of nitrogens with zero attached hydrogens (tertiary/aromatic N) is 2. The molecule has 4 N–H and O–H groups in total. The minimum atomic E-state index is -4.61. The van der Waals surface area contributed by atoms with E-state index in [1.165, 1.54) is 6.07 Å². The Hall–Kier alpha value is -1.22. The first kappa shape index (κ1) is 15.8. The Morgan fingerprint density at radius 1 is 1.26 bits per heavy atom. The summed E-state index contributed by atoms with van der Waals surface area (Å²) in [6.45, 7) is 4.41. The number of hydrazine groups is 1. The molecule has 1 rings (SSSR count). The summed E-state index contributed by atoms with van der Waals surface area (Å²) in [6.07, 6.45) is -2.69. The quantitative estimate of drug-likeness (QED) is 0.572. The van der Waals surface area contributed by atoms with Crippen molar-refractivity contribution in [3.63, 3.8) is 0 Å². The maximum Gasteiger partial charge on any atom is 0.451 e.